The van der Waals surface area contributed by atoms with Gasteiger partial charge >= 0.3 is 0 Å². The van der Waals surface area contributed by atoms with Gasteiger partial charge in [-0.3, -0.25) is 0 Å². The molecule has 0 radical (unpaired) electrons. The Morgan fingerprint density at radius 2 is 2.15 bits per heavy atom. The Kier molecular flexibility index (Phi) is 3.92. The van der Waals surface area contributed by atoms with Crippen LogP contribution in [-0.2, 0) is 10.0 Å². The van der Waals surface area contributed by atoms with Crippen LogP contribution in [0.1, 0.15) is 18.4 Å². The number of aryl methyl sites for hydroxylation is 1. The average Bonchev–Trinajstić information content (AvgIpc) is 2.89. The highest BCUT2D eigenvalue weighted by molar-refractivity contribution is 9.10. The maximum Gasteiger partial charge on any atom is 0.243 e. The van der Waals surface area contributed by atoms with E-state index in [0.29, 0.717) is 29.9 Å². The van der Waals surface area contributed by atoms with Gasteiger partial charge in [-0.05, 0) is 56.0 Å². The predicted octanol–water partition coefficient (Wildman–Crippen LogP) is 2.13. The van der Waals surface area contributed by atoms with Crippen molar-refractivity contribution in [1.29, 1.82) is 0 Å². The first kappa shape index (κ1) is 14.5. The molecule has 2 atom stereocenters. The van der Waals surface area contributed by atoms with E-state index in [1.54, 1.807) is 16.4 Å². The summed E-state index contributed by atoms with van der Waals surface area (Å²) in [7, 11) is -3.36. The zero-order chi connectivity index (χ0) is 14.3. The van der Waals surface area contributed by atoms with Crippen molar-refractivity contribution in [2.24, 2.45) is 5.92 Å². The fraction of sp³-hybridized carbons (Fsp3) is 0.571. The summed E-state index contributed by atoms with van der Waals surface area (Å²) in [6.07, 6.45) is 2.00. The Bertz CT molecular complexity index is 618. The number of rotatable bonds is 2. The molecule has 0 aliphatic carbocycles. The van der Waals surface area contributed by atoms with E-state index in [1.807, 2.05) is 13.0 Å². The Morgan fingerprint density at radius 1 is 1.35 bits per heavy atom. The molecule has 1 N–H and O–H groups in total. The topological polar surface area (TPSA) is 49.4 Å². The molecule has 20 heavy (non-hydrogen) atoms. The van der Waals surface area contributed by atoms with Crippen molar-refractivity contribution in [2.75, 3.05) is 19.6 Å². The van der Waals surface area contributed by atoms with Gasteiger partial charge in [-0.25, -0.2) is 8.42 Å². The molecule has 0 amide bonds. The normalized spacial score (nSPS) is 27.5. The number of nitrogens with one attached hydrogen (secondary N) is 1. The first-order chi connectivity index (χ1) is 9.48. The van der Waals surface area contributed by atoms with Crippen molar-refractivity contribution in [2.45, 2.75) is 30.7 Å². The Labute approximate surface area is 128 Å². The summed E-state index contributed by atoms with van der Waals surface area (Å²) in [5.74, 6) is 0.468. The van der Waals surface area contributed by atoms with Crippen molar-refractivity contribution in [3.05, 3.63) is 28.2 Å². The second-order valence-electron chi connectivity index (χ2n) is 5.67. The number of hydrogen-bond donors (Lipinski definition) is 1. The van der Waals surface area contributed by atoms with E-state index >= 15 is 0 Å². The van der Waals surface area contributed by atoms with E-state index in [0.717, 1.165) is 29.4 Å². The quantitative estimate of drug-likeness (QED) is 0.880. The predicted molar refractivity (Wildman–Crippen MR) is 82.2 cm³/mol. The van der Waals surface area contributed by atoms with E-state index in [1.165, 1.54) is 0 Å². The maximum absolute atomic E-state index is 12.7. The van der Waals surface area contributed by atoms with Crippen LogP contribution in [0.4, 0.5) is 0 Å². The van der Waals surface area contributed by atoms with Crippen LogP contribution < -0.4 is 5.32 Å². The van der Waals surface area contributed by atoms with Gasteiger partial charge in [0.1, 0.15) is 0 Å². The fourth-order valence-corrected chi connectivity index (χ4v) is 5.00. The Morgan fingerprint density at radius 3 is 2.90 bits per heavy atom. The van der Waals surface area contributed by atoms with Crippen molar-refractivity contribution >= 4 is 26.0 Å². The fourth-order valence-electron chi connectivity index (χ4n) is 3.16. The lowest BCUT2D eigenvalue weighted by molar-refractivity contribution is 0.247. The van der Waals surface area contributed by atoms with Crippen LogP contribution >= 0.6 is 15.9 Å². The van der Waals surface area contributed by atoms with Crippen LogP contribution in [0.25, 0.3) is 0 Å². The molecule has 2 saturated heterocycles. The van der Waals surface area contributed by atoms with Crippen molar-refractivity contribution in [3.63, 3.8) is 0 Å². The van der Waals surface area contributed by atoms with E-state index in [2.05, 4.69) is 21.2 Å². The number of hydrogen-bond acceptors (Lipinski definition) is 3. The molecule has 0 spiro atoms. The van der Waals surface area contributed by atoms with Gasteiger partial charge in [0, 0.05) is 23.6 Å². The van der Waals surface area contributed by atoms with E-state index in [-0.39, 0.29) is 0 Å². The third-order valence-corrected chi connectivity index (χ3v) is 7.14. The minimum atomic E-state index is -3.36. The number of piperidine rings is 1. The molecule has 1 aromatic rings. The zero-order valence-corrected chi connectivity index (χ0v) is 13.9. The van der Waals surface area contributed by atoms with Crippen molar-refractivity contribution < 1.29 is 8.42 Å². The molecule has 1 aromatic carbocycles. The van der Waals surface area contributed by atoms with Gasteiger partial charge in [-0.2, -0.15) is 4.31 Å². The molecule has 0 saturated carbocycles. The minimum absolute atomic E-state index is 0.405. The minimum Gasteiger partial charge on any atom is -0.314 e. The average molecular weight is 359 g/mol. The molecular weight excluding hydrogens is 340 g/mol. The largest absolute Gasteiger partial charge is 0.314 e. The summed E-state index contributed by atoms with van der Waals surface area (Å²) in [5.41, 5.74) is 0.948. The second kappa shape index (κ2) is 5.40. The summed E-state index contributed by atoms with van der Waals surface area (Å²) in [4.78, 5) is 0.405. The number of fused-ring (bicyclic) bond motifs is 1. The van der Waals surface area contributed by atoms with Gasteiger partial charge in [0.25, 0.3) is 0 Å². The van der Waals surface area contributed by atoms with Gasteiger partial charge in [-0.1, -0.05) is 15.9 Å². The molecule has 4 nitrogen and oxygen atoms in total. The van der Waals surface area contributed by atoms with E-state index in [4.69, 9.17) is 0 Å². The first-order valence-corrected chi connectivity index (χ1v) is 9.21. The van der Waals surface area contributed by atoms with Gasteiger partial charge in [0.15, 0.2) is 0 Å². The highest BCUT2D eigenvalue weighted by atomic mass is 79.9. The van der Waals surface area contributed by atoms with Crippen LogP contribution in [-0.4, -0.2) is 38.4 Å². The Hall–Kier alpha value is -0.430. The summed E-state index contributed by atoms with van der Waals surface area (Å²) in [6.45, 7) is 4.19. The lowest BCUT2D eigenvalue weighted by Crippen LogP contribution is -2.46. The molecule has 2 aliphatic rings. The molecular formula is C14H19BrN2O2S. The molecule has 6 heteroatoms. The lowest BCUT2D eigenvalue weighted by Gasteiger charge is -2.34. The Balaban J connectivity index is 1.86. The van der Waals surface area contributed by atoms with Crippen LogP contribution in [0.3, 0.4) is 0 Å². The standard InChI is InChI=1S/C14H19BrN2O2S/c1-10-8-12(2-3-13(10)15)20(18,19)17-7-5-14-11(9-17)4-6-16-14/h2-3,8,11,14,16H,4-7,9H2,1H3. The maximum atomic E-state index is 12.7. The highest BCUT2D eigenvalue weighted by Gasteiger charge is 2.37. The smallest absolute Gasteiger partial charge is 0.243 e. The third-order valence-electron chi connectivity index (χ3n) is 4.39. The molecule has 0 bridgehead atoms. The molecule has 3 rings (SSSR count). The third kappa shape index (κ3) is 2.54. The summed E-state index contributed by atoms with van der Waals surface area (Å²) < 4.78 is 28.1. The van der Waals surface area contributed by atoms with Crippen LogP contribution in [0.2, 0.25) is 0 Å². The molecule has 2 fully saturated rings. The van der Waals surface area contributed by atoms with Gasteiger partial charge in [-0.15, -0.1) is 0 Å². The highest BCUT2D eigenvalue weighted by Crippen LogP contribution is 2.29. The van der Waals surface area contributed by atoms with Crippen molar-refractivity contribution in [1.82, 2.24) is 9.62 Å². The summed E-state index contributed by atoms with van der Waals surface area (Å²) >= 11 is 3.41. The molecule has 0 aromatic heterocycles. The van der Waals surface area contributed by atoms with Crippen LogP contribution in [0.15, 0.2) is 27.6 Å². The summed E-state index contributed by atoms with van der Waals surface area (Å²) in [6, 6.07) is 5.75. The van der Waals surface area contributed by atoms with E-state index < -0.39 is 10.0 Å². The number of nitrogens with zero attached hydrogens (tertiary/aromatic N) is 1. The molecule has 2 heterocycles. The number of halogens is 1. The number of sulfonamides is 1. The van der Waals surface area contributed by atoms with Gasteiger partial charge in [0.05, 0.1) is 4.90 Å². The second-order valence-corrected chi connectivity index (χ2v) is 8.46. The first-order valence-electron chi connectivity index (χ1n) is 6.98. The van der Waals surface area contributed by atoms with Crippen LogP contribution in [0, 0.1) is 12.8 Å². The molecule has 2 unspecified atom stereocenters. The monoisotopic (exact) mass is 358 g/mol. The van der Waals surface area contributed by atoms with Gasteiger partial charge in [0.2, 0.25) is 10.0 Å². The summed E-state index contributed by atoms with van der Waals surface area (Å²) in [5, 5.41) is 3.46. The zero-order valence-electron chi connectivity index (χ0n) is 11.5. The molecule has 2 aliphatic heterocycles. The lowest BCUT2D eigenvalue weighted by atomic mass is 9.95. The van der Waals surface area contributed by atoms with Crippen LogP contribution in [0.5, 0.6) is 0 Å². The number of benzene rings is 1. The van der Waals surface area contributed by atoms with Crippen molar-refractivity contribution in [3.8, 4) is 0 Å². The van der Waals surface area contributed by atoms with Gasteiger partial charge < -0.3 is 5.32 Å². The SMILES string of the molecule is Cc1cc(S(=O)(=O)N2CCC3NCCC3C2)ccc1Br. The molecule has 110 valence electrons. The van der Waals surface area contributed by atoms with E-state index in [9.17, 15) is 8.42 Å².